The van der Waals surface area contributed by atoms with Crippen LogP contribution in [0.1, 0.15) is 31.9 Å². The van der Waals surface area contributed by atoms with Crippen molar-refractivity contribution in [2.24, 2.45) is 0 Å². The van der Waals surface area contributed by atoms with Crippen LogP contribution in [0.3, 0.4) is 0 Å². The molecular weight excluding hydrogens is 344 g/mol. The maximum absolute atomic E-state index is 4.46. The molecule has 1 heterocycles. The highest BCUT2D eigenvalue weighted by Crippen LogP contribution is 2.34. The molecule has 0 aliphatic carbocycles. The fraction of sp³-hybridized carbons (Fsp3) is 0.353. The lowest BCUT2D eigenvalue weighted by atomic mass is 10.0. The zero-order valence-electron chi connectivity index (χ0n) is 12.4. The average Bonchev–Trinajstić information content (AvgIpc) is 2.51. The van der Waals surface area contributed by atoms with Gasteiger partial charge in [0.15, 0.2) is 0 Å². The largest absolute Gasteiger partial charge is 0.309 e. The number of rotatable bonds is 7. The van der Waals surface area contributed by atoms with Gasteiger partial charge < -0.3 is 5.32 Å². The van der Waals surface area contributed by atoms with Crippen LogP contribution in [0, 0.1) is 0 Å². The van der Waals surface area contributed by atoms with Crippen molar-refractivity contribution in [1.82, 2.24) is 10.3 Å². The third kappa shape index (κ3) is 4.83. The van der Waals surface area contributed by atoms with Crippen molar-refractivity contribution in [1.29, 1.82) is 0 Å². The van der Waals surface area contributed by atoms with Crippen LogP contribution in [0.15, 0.2) is 58.2 Å². The number of aromatic nitrogens is 1. The Morgan fingerprint density at radius 3 is 2.62 bits per heavy atom. The van der Waals surface area contributed by atoms with Crippen LogP contribution in [0.5, 0.6) is 0 Å². The quantitative estimate of drug-likeness (QED) is 0.694. The zero-order chi connectivity index (χ0) is 15.1. The van der Waals surface area contributed by atoms with Crippen LogP contribution >= 0.6 is 27.7 Å². The topological polar surface area (TPSA) is 24.9 Å². The van der Waals surface area contributed by atoms with Crippen LogP contribution in [-0.4, -0.2) is 16.8 Å². The van der Waals surface area contributed by atoms with E-state index in [9.17, 15) is 0 Å². The number of nitrogens with one attached hydrogen (secondary N) is 1. The molecule has 2 rings (SSSR count). The molecule has 0 fully saturated rings. The summed E-state index contributed by atoms with van der Waals surface area (Å²) in [6.07, 6.45) is 2.98. The molecule has 0 amide bonds. The van der Waals surface area contributed by atoms with Crippen molar-refractivity contribution in [3.05, 3.63) is 58.7 Å². The first-order chi connectivity index (χ1) is 10.2. The van der Waals surface area contributed by atoms with Crippen LogP contribution in [0.4, 0.5) is 0 Å². The molecule has 0 bridgehead atoms. The van der Waals surface area contributed by atoms with Gasteiger partial charge in [-0.15, -0.1) is 11.8 Å². The third-order valence-electron chi connectivity index (χ3n) is 3.26. The Morgan fingerprint density at radius 2 is 1.95 bits per heavy atom. The lowest BCUT2D eigenvalue weighted by molar-refractivity contribution is 0.527. The maximum atomic E-state index is 4.46. The van der Waals surface area contributed by atoms with Gasteiger partial charge in [-0.05, 0) is 46.6 Å². The highest BCUT2D eigenvalue weighted by atomic mass is 79.9. The lowest BCUT2D eigenvalue weighted by Crippen LogP contribution is -2.29. The van der Waals surface area contributed by atoms with E-state index in [0.717, 1.165) is 22.5 Å². The molecule has 112 valence electrons. The molecule has 0 aliphatic heterocycles. The molecule has 2 nitrogen and oxygen atoms in total. The fourth-order valence-electron chi connectivity index (χ4n) is 2.22. The summed E-state index contributed by atoms with van der Waals surface area (Å²) < 4.78 is 1.06. The van der Waals surface area contributed by atoms with Crippen molar-refractivity contribution in [3.8, 4) is 0 Å². The number of halogens is 1. The molecule has 1 aromatic carbocycles. The number of pyridine rings is 1. The van der Waals surface area contributed by atoms with E-state index in [1.54, 1.807) is 11.8 Å². The molecule has 21 heavy (non-hydrogen) atoms. The molecule has 0 radical (unpaired) electrons. The molecule has 1 N–H and O–H groups in total. The first kappa shape index (κ1) is 16.5. The Morgan fingerprint density at radius 1 is 1.19 bits per heavy atom. The molecular formula is C17H21BrN2S. The second-order valence-electron chi connectivity index (χ2n) is 4.96. The summed E-state index contributed by atoms with van der Waals surface area (Å²) in [4.78, 5) is 4.46. The van der Waals surface area contributed by atoms with Crippen LogP contribution < -0.4 is 5.32 Å². The third-order valence-corrected chi connectivity index (χ3v) is 5.36. The normalized spacial score (nSPS) is 13.9. The van der Waals surface area contributed by atoms with E-state index in [4.69, 9.17) is 0 Å². The van der Waals surface area contributed by atoms with Crippen LogP contribution in [-0.2, 0) is 0 Å². The summed E-state index contributed by atoms with van der Waals surface area (Å²) in [5.74, 6) is 0. The number of thioether (sulfide) groups is 1. The second-order valence-corrected chi connectivity index (χ2v) is 7.18. The Bertz CT molecular complexity index is 547. The predicted molar refractivity (Wildman–Crippen MR) is 94.7 cm³/mol. The Kier molecular flexibility index (Phi) is 6.74. The van der Waals surface area contributed by atoms with Gasteiger partial charge in [0, 0.05) is 22.0 Å². The minimum absolute atomic E-state index is 0.324. The van der Waals surface area contributed by atoms with E-state index in [1.165, 1.54) is 5.56 Å². The number of hydrogen-bond acceptors (Lipinski definition) is 3. The van der Waals surface area contributed by atoms with Crippen molar-refractivity contribution in [3.63, 3.8) is 0 Å². The molecule has 4 heteroatoms. The van der Waals surface area contributed by atoms with Gasteiger partial charge in [-0.2, -0.15) is 0 Å². The van der Waals surface area contributed by atoms with Gasteiger partial charge in [0.1, 0.15) is 5.03 Å². The van der Waals surface area contributed by atoms with E-state index in [0.29, 0.717) is 11.3 Å². The summed E-state index contributed by atoms with van der Waals surface area (Å²) in [6, 6.07) is 15.0. The van der Waals surface area contributed by atoms with Gasteiger partial charge in [-0.3, -0.25) is 0 Å². The monoisotopic (exact) mass is 364 g/mol. The SMILES string of the molecule is CCCNC(c1ccccc1)C(C)Sc1ncccc1Br. The van der Waals surface area contributed by atoms with E-state index in [-0.39, 0.29) is 0 Å². The molecule has 2 atom stereocenters. The van der Waals surface area contributed by atoms with Crippen molar-refractivity contribution >= 4 is 27.7 Å². The summed E-state index contributed by atoms with van der Waals surface area (Å²) >= 11 is 5.38. The Labute approximate surface area is 139 Å². The number of benzene rings is 1. The highest BCUT2D eigenvalue weighted by molar-refractivity contribution is 9.10. The molecule has 0 saturated carbocycles. The zero-order valence-corrected chi connectivity index (χ0v) is 14.8. The smallest absolute Gasteiger partial charge is 0.110 e. The van der Waals surface area contributed by atoms with Gasteiger partial charge in [-0.25, -0.2) is 4.98 Å². The summed E-state index contributed by atoms with van der Waals surface area (Å²) in [6.45, 7) is 5.47. The average molecular weight is 365 g/mol. The summed E-state index contributed by atoms with van der Waals surface area (Å²) in [5.41, 5.74) is 1.33. The molecule has 2 unspecified atom stereocenters. The number of nitrogens with zero attached hydrogens (tertiary/aromatic N) is 1. The second kappa shape index (κ2) is 8.57. The van der Waals surface area contributed by atoms with Crippen LogP contribution in [0.25, 0.3) is 0 Å². The molecule has 0 saturated heterocycles. The summed E-state index contributed by atoms with van der Waals surface area (Å²) in [5, 5.41) is 5.10. The first-order valence-corrected chi connectivity index (χ1v) is 8.95. The van der Waals surface area contributed by atoms with Gasteiger partial charge in [0.25, 0.3) is 0 Å². The lowest BCUT2D eigenvalue weighted by Gasteiger charge is -2.25. The van der Waals surface area contributed by atoms with Gasteiger partial charge >= 0.3 is 0 Å². The summed E-state index contributed by atoms with van der Waals surface area (Å²) in [7, 11) is 0. The Hall–Kier alpha value is -0.840. The highest BCUT2D eigenvalue weighted by Gasteiger charge is 2.20. The van der Waals surface area contributed by atoms with Gasteiger partial charge in [0.05, 0.1) is 0 Å². The fourth-order valence-corrected chi connectivity index (χ4v) is 3.80. The molecule has 2 aromatic rings. The molecule has 0 spiro atoms. The number of hydrogen-bond donors (Lipinski definition) is 1. The van der Waals surface area contributed by atoms with Crippen molar-refractivity contribution in [2.75, 3.05) is 6.54 Å². The minimum atomic E-state index is 0.324. The Balaban J connectivity index is 2.14. The van der Waals surface area contributed by atoms with Crippen molar-refractivity contribution < 1.29 is 0 Å². The predicted octanol–water partition coefficient (Wildman–Crippen LogP) is 5.07. The standard InChI is InChI=1S/C17H21BrN2S/c1-3-11-19-16(14-8-5-4-6-9-14)13(2)21-17-15(18)10-7-12-20-17/h4-10,12-13,16,19H,3,11H2,1-2H3. The van der Waals surface area contributed by atoms with E-state index in [2.05, 4.69) is 70.4 Å². The minimum Gasteiger partial charge on any atom is -0.309 e. The van der Waals surface area contributed by atoms with E-state index in [1.807, 2.05) is 18.3 Å². The van der Waals surface area contributed by atoms with Crippen LogP contribution in [0.2, 0.25) is 0 Å². The van der Waals surface area contributed by atoms with E-state index >= 15 is 0 Å². The van der Waals surface area contributed by atoms with Gasteiger partial charge in [0.2, 0.25) is 0 Å². The first-order valence-electron chi connectivity index (χ1n) is 7.28. The molecule has 1 aromatic heterocycles. The molecule has 0 aliphatic rings. The maximum Gasteiger partial charge on any atom is 0.110 e. The van der Waals surface area contributed by atoms with E-state index < -0.39 is 0 Å². The van der Waals surface area contributed by atoms with Crippen molar-refractivity contribution in [2.45, 2.75) is 36.6 Å². The van der Waals surface area contributed by atoms with Gasteiger partial charge in [-0.1, -0.05) is 44.2 Å².